The zero-order valence-electron chi connectivity index (χ0n) is 22.3. The molecule has 2 aliphatic heterocycles. The second-order valence-corrected chi connectivity index (χ2v) is 10.7. The van der Waals surface area contributed by atoms with Crippen LogP contribution in [0.15, 0.2) is 48.7 Å². The Hall–Kier alpha value is -3.99. The van der Waals surface area contributed by atoms with Crippen molar-refractivity contribution in [2.45, 2.75) is 45.4 Å². The van der Waals surface area contributed by atoms with Crippen LogP contribution < -0.4 is 9.80 Å². The molecule has 3 heterocycles. The molecule has 2 fully saturated rings. The van der Waals surface area contributed by atoms with Gasteiger partial charge in [0, 0.05) is 13.1 Å². The molecule has 3 aromatic rings. The Balaban J connectivity index is 1.14. The van der Waals surface area contributed by atoms with Crippen molar-refractivity contribution in [2.75, 3.05) is 42.6 Å². The minimum Gasteiger partial charge on any atom is -0.455 e. The number of morpholine rings is 1. The van der Waals surface area contributed by atoms with E-state index in [9.17, 15) is 14.0 Å². The van der Waals surface area contributed by atoms with Gasteiger partial charge < -0.3 is 19.1 Å². The fourth-order valence-electron chi connectivity index (χ4n) is 4.58. The molecular weight excluding hydrogens is 505 g/mol. The topological polar surface area (TPSA) is 99.0 Å². The third-order valence-electron chi connectivity index (χ3n) is 6.78. The number of benzene rings is 2. The Kier molecular flexibility index (Phi) is 7.51. The van der Waals surface area contributed by atoms with E-state index in [0.29, 0.717) is 48.9 Å². The molecule has 1 aromatic heterocycles. The predicted octanol–water partition coefficient (Wildman–Crippen LogP) is 3.93. The summed E-state index contributed by atoms with van der Waals surface area (Å²) in [4.78, 5) is 28.3. The lowest BCUT2D eigenvalue weighted by atomic mass is 9.87. The molecule has 1 atom stereocenters. The number of esters is 1. The molecular formula is C28H32FN5O5. The third kappa shape index (κ3) is 6.19. The number of aromatic nitrogens is 3. The Bertz CT molecular complexity index is 1330. The smallest absolute Gasteiger partial charge is 0.414 e. The molecule has 0 N–H and O–H groups in total. The lowest BCUT2D eigenvalue weighted by Crippen LogP contribution is -2.36. The lowest BCUT2D eigenvalue weighted by Gasteiger charge is -2.29. The van der Waals surface area contributed by atoms with Gasteiger partial charge in [0.2, 0.25) is 0 Å². The van der Waals surface area contributed by atoms with Crippen LogP contribution in [-0.2, 0) is 32.8 Å². The van der Waals surface area contributed by atoms with Crippen LogP contribution in [0.1, 0.15) is 42.4 Å². The van der Waals surface area contributed by atoms with Gasteiger partial charge in [0.25, 0.3) is 0 Å². The molecule has 0 unspecified atom stereocenters. The predicted molar refractivity (Wildman–Crippen MR) is 141 cm³/mol. The van der Waals surface area contributed by atoms with E-state index >= 15 is 0 Å². The average Bonchev–Trinajstić information content (AvgIpc) is 3.53. The van der Waals surface area contributed by atoms with Crippen LogP contribution in [0.3, 0.4) is 0 Å². The van der Waals surface area contributed by atoms with E-state index in [0.717, 1.165) is 5.56 Å². The monoisotopic (exact) mass is 537 g/mol. The molecule has 0 aliphatic carbocycles. The molecule has 0 bridgehead atoms. The zero-order valence-corrected chi connectivity index (χ0v) is 22.3. The number of carbonyl (C=O) groups is 2. The van der Waals surface area contributed by atoms with Gasteiger partial charge in [-0.3, -0.25) is 4.90 Å². The molecule has 2 saturated heterocycles. The summed E-state index contributed by atoms with van der Waals surface area (Å²) >= 11 is 0. The number of hydrogen-bond donors (Lipinski definition) is 0. The maximum absolute atomic E-state index is 14.8. The van der Waals surface area contributed by atoms with Crippen molar-refractivity contribution in [3.05, 3.63) is 71.3 Å². The van der Waals surface area contributed by atoms with Gasteiger partial charge in [-0.15, -0.1) is 5.10 Å². The molecule has 1 amide bonds. The Morgan fingerprint density at radius 1 is 1.13 bits per heavy atom. The van der Waals surface area contributed by atoms with Crippen molar-refractivity contribution in [3.63, 3.8) is 0 Å². The summed E-state index contributed by atoms with van der Waals surface area (Å²) < 4.78 is 32.6. The first-order chi connectivity index (χ1) is 18.7. The van der Waals surface area contributed by atoms with Gasteiger partial charge in [-0.2, -0.15) is 0 Å². The van der Waals surface area contributed by atoms with E-state index in [1.54, 1.807) is 30.5 Å². The van der Waals surface area contributed by atoms with Gasteiger partial charge in [0.1, 0.15) is 24.2 Å². The molecule has 2 aliphatic rings. The van der Waals surface area contributed by atoms with Crippen molar-refractivity contribution in [3.8, 4) is 0 Å². The first-order valence-electron chi connectivity index (χ1n) is 12.9. The highest BCUT2D eigenvalue weighted by molar-refractivity contribution is 5.90. The lowest BCUT2D eigenvalue weighted by molar-refractivity contribution is 0.0467. The highest BCUT2D eigenvalue weighted by atomic mass is 19.1. The Labute approximate surface area is 226 Å². The Morgan fingerprint density at radius 2 is 1.87 bits per heavy atom. The minimum absolute atomic E-state index is 0.00450. The maximum Gasteiger partial charge on any atom is 0.414 e. The van der Waals surface area contributed by atoms with Crippen LogP contribution >= 0.6 is 0 Å². The molecule has 0 spiro atoms. The second kappa shape index (κ2) is 11.0. The normalized spacial score (nSPS) is 17.8. The summed E-state index contributed by atoms with van der Waals surface area (Å²) in [6.07, 6.45) is 0.590. The van der Waals surface area contributed by atoms with Crippen molar-refractivity contribution in [2.24, 2.45) is 0 Å². The van der Waals surface area contributed by atoms with Crippen molar-refractivity contribution in [1.82, 2.24) is 15.0 Å². The van der Waals surface area contributed by atoms with E-state index in [1.807, 2.05) is 17.0 Å². The van der Waals surface area contributed by atoms with Gasteiger partial charge in [-0.25, -0.2) is 18.7 Å². The average molecular weight is 538 g/mol. The van der Waals surface area contributed by atoms with Gasteiger partial charge in [0.05, 0.1) is 49.4 Å². The number of rotatable bonds is 7. The van der Waals surface area contributed by atoms with Crippen LogP contribution in [0, 0.1) is 5.82 Å². The van der Waals surface area contributed by atoms with Gasteiger partial charge >= 0.3 is 12.1 Å². The van der Waals surface area contributed by atoms with Gasteiger partial charge in [-0.05, 0) is 41.3 Å². The summed E-state index contributed by atoms with van der Waals surface area (Å²) in [5, 5.41) is 8.11. The summed E-state index contributed by atoms with van der Waals surface area (Å²) in [6.45, 7) is 9.13. The van der Waals surface area contributed by atoms with Crippen molar-refractivity contribution < 1.29 is 28.2 Å². The fraction of sp³-hybridized carbons (Fsp3) is 0.429. The number of anilines is 2. The number of hydrogen-bond acceptors (Lipinski definition) is 8. The van der Waals surface area contributed by atoms with Crippen LogP contribution in [0.4, 0.5) is 20.6 Å². The molecule has 11 heteroatoms. The van der Waals surface area contributed by atoms with E-state index in [4.69, 9.17) is 14.2 Å². The van der Waals surface area contributed by atoms with Gasteiger partial charge in [-0.1, -0.05) is 38.1 Å². The standard InChI is InChI=1S/C28H32FN5O5/c1-28(2,3)20-6-4-19(5-7-20)26(35)38-18-21-15-33(31-30-21)16-23-17-34(27(36)39-23)22-8-9-25(24(29)14-22)32-10-12-37-13-11-32/h4-9,14-15,23H,10-13,16-18H2,1-3H3/t23-/m0/s1. The van der Waals surface area contributed by atoms with E-state index in [2.05, 4.69) is 31.1 Å². The van der Waals surface area contributed by atoms with E-state index < -0.39 is 24.0 Å². The summed E-state index contributed by atoms with van der Waals surface area (Å²) in [6, 6.07) is 12.1. The largest absolute Gasteiger partial charge is 0.455 e. The third-order valence-corrected chi connectivity index (χ3v) is 6.78. The summed E-state index contributed by atoms with van der Waals surface area (Å²) in [7, 11) is 0. The number of carbonyl (C=O) groups excluding carboxylic acids is 2. The first-order valence-corrected chi connectivity index (χ1v) is 12.9. The minimum atomic E-state index is -0.551. The molecule has 39 heavy (non-hydrogen) atoms. The number of ether oxygens (including phenoxy) is 3. The van der Waals surface area contributed by atoms with Crippen LogP contribution in [0.5, 0.6) is 0 Å². The molecule has 5 rings (SSSR count). The first kappa shape index (κ1) is 26.6. The number of nitrogens with zero attached hydrogens (tertiary/aromatic N) is 5. The maximum atomic E-state index is 14.8. The van der Waals surface area contributed by atoms with Crippen LogP contribution in [-0.4, -0.2) is 66.0 Å². The number of cyclic esters (lactones) is 1. The molecule has 10 nitrogen and oxygen atoms in total. The van der Waals surface area contributed by atoms with Crippen LogP contribution in [0.25, 0.3) is 0 Å². The van der Waals surface area contributed by atoms with Crippen molar-refractivity contribution >= 4 is 23.4 Å². The SMILES string of the molecule is CC(C)(C)c1ccc(C(=O)OCc2cn(C[C@H]3CN(c4ccc(N5CCOCC5)c(F)c4)C(=O)O3)nn2)cc1. The number of halogens is 1. The summed E-state index contributed by atoms with van der Waals surface area (Å²) in [5.41, 5.74) is 2.97. The van der Waals surface area contributed by atoms with Crippen LogP contribution in [0.2, 0.25) is 0 Å². The highest BCUT2D eigenvalue weighted by Gasteiger charge is 2.33. The second-order valence-electron chi connectivity index (χ2n) is 10.7. The molecule has 0 radical (unpaired) electrons. The molecule has 206 valence electrons. The molecule has 2 aromatic carbocycles. The van der Waals surface area contributed by atoms with E-state index in [-0.39, 0.29) is 25.1 Å². The van der Waals surface area contributed by atoms with Crippen molar-refractivity contribution in [1.29, 1.82) is 0 Å². The summed E-state index contributed by atoms with van der Waals surface area (Å²) in [5.74, 6) is -0.844. The van der Waals surface area contributed by atoms with E-state index in [1.165, 1.54) is 15.6 Å². The Morgan fingerprint density at radius 3 is 2.56 bits per heavy atom. The highest BCUT2D eigenvalue weighted by Crippen LogP contribution is 2.29. The quantitative estimate of drug-likeness (QED) is 0.418. The van der Waals surface area contributed by atoms with Gasteiger partial charge in [0.15, 0.2) is 0 Å². The molecule has 0 saturated carbocycles. The zero-order chi connectivity index (χ0) is 27.6. The fourth-order valence-corrected chi connectivity index (χ4v) is 4.58. The number of amides is 1.